The number of benzene rings is 1. The Kier molecular flexibility index (Phi) is 3.46. The Labute approximate surface area is 129 Å². The smallest absolute Gasteiger partial charge is 0.119 e. The van der Waals surface area contributed by atoms with Crippen molar-refractivity contribution in [2.45, 2.75) is 66.0 Å². The van der Waals surface area contributed by atoms with E-state index in [0.29, 0.717) is 16.9 Å². The molecule has 0 spiro atoms. The van der Waals surface area contributed by atoms with E-state index >= 15 is 0 Å². The molecule has 2 saturated carbocycles. The molecule has 2 aliphatic carbocycles. The summed E-state index contributed by atoms with van der Waals surface area (Å²) in [4.78, 5) is 0. The molecule has 1 aromatic rings. The van der Waals surface area contributed by atoms with Crippen LogP contribution in [0.3, 0.4) is 0 Å². The monoisotopic (exact) mass is 287 g/mol. The molecule has 3 atom stereocenters. The van der Waals surface area contributed by atoms with Crippen molar-refractivity contribution in [1.29, 1.82) is 0 Å². The quantitative estimate of drug-likeness (QED) is 0.831. The van der Waals surface area contributed by atoms with Crippen LogP contribution < -0.4 is 10.1 Å². The van der Waals surface area contributed by atoms with Gasteiger partial charge in [-0.15, -0.1) is 0 Å². The average molecular weight is 287 g/mol. The van der Waals surface area contributed by atoms with Gasteiger partial charge in [0, 0.05) is 11.7 Å². The summed E-state index contributed by atoms with van der Waals surface area (Å²) in [5.74, 6) is 1.83. The maximum Gasteiger partial charge on any atom is 0.119 e. The number of anilines is 1. The molecule has 21 heavy (non-hydrogen) atoms. The minimum Gasteiger partial charge on any atom is -0.491 e. The first-order valence-corrected chi connectivity index (χ1v) is 8.34. The van der Waals surface area contributed by atoms with Crippen molar-refractivity contribution in [2.75, 3.05) is 5.32 Å². The van der Waals surface area contributed by atoms with Crippen LogP contribution in [0, 0.1) is 16.7 Å². The van der Waals surface area contributed by atoms with Crippen molar-refractivity contribution in [3.8, 4) is 5.75 Å². The van der Waals surface area contributed by atoms with E-state index in [0.717, 1.165) is 11.7 Å². The molecule has 116 valence electrons. The minimum absolute atomic E-state index is 0.229. The van der Waals surface area contributed by atoms with E-state index in [1.165, 1.54) is 24.9 Å². The molecule has 2 heteroatoms. The van der Waals surface area contributed by atoms with Gasteiger partial charge in [0.25, 0.3) is 0 Å². The number of hydrogen-bond acceptors (Lipinski definition) is 2. The van der Waals surface area contributed by atoms with E-state index in [4.69, 9.17) is 4.74 Å². The van der Waals surface area contributed by atoms with Gasteiger partial charge in [-0.1, -0.05) is 20.8 Å². The molecule has 0 heterocycles. The number of ether oxygens (including phenoxy) is 1. The van der Waals surface area contributed by atoms with Gasteiger partial charge in [0.05, 0.1) is 6.10 Å². The Balaban J connectivity index is 1.74. The molecule has 0 saturated heterocycles. The highest BCUT2D eigenvalue weighted by atomic mass is 16.5. The summed E-state index contributed by atoms with van der Waals surface area (Å²) in [5, 5.41) is 3.83. The number of hydrogen-bond donors (Lipinski definition) is 1. The Morgan fingerprint density at radius 2 is 1.81 bits per heavy atom. The molecule has 3 rings (SSSR count). The SMILES string of the molecule is CC(C)Oc1ccc(NC2C(C)(C)[C@H]3CC[C@]2(C)C3)cc1. The van der Waals surface area contributed by atoms with Gasteiger partial charge in [-0.3, -0.25) is 0 Å². The zero-order valence-electron chi connectivity index (χ0n) is 14.1. The minimum atomic E-state index is 0.229. The first-order chi connectivity index (χ1) is 9.81. The molecular weight excluding hydrogens is 258 g/mol. The fourth-order valence-corrected chi connectivity index (χ4v) is 4.73. The molecule has 1 N–H and O–H groups in total. The largest absolute Gasteiger partial charge is 0.491 e. The van der Waals surface area contributed by atoms with Gasteiger partial charge in [0.1, 0.15) is 5.75 Å². The lowest BCUT2D eigenvalue weighted by atomic mass is 9.68. The van der Waals surface area contributed by atoms with Crippen molar-refractivity contribution < 1.29 is 4.74 Å². The van der Waals surface area contributed by atoms with Crippen molar-refractivity contribution in [2.24, 2.45) is 16.7 Å². The van der Waals surface area contributed by atoms with E-state index in [-0.39, 0.29) is 6.10 Å². The topological polar surface area (TPSA) is 21.3 Å². The van der Waals surface area contributed by atoms with Crippen LogP contribution in [-0.2, 0) is 0 Å². The fourth-order valence-electron chi connectivity index (χ4n) is 4.73. The molecule has 2 aliphatic rings. The first-order valence-electron chi connectivity index (χ1n) is 8.34. The summed E-state index contributed by atoms with van der Waals surface area (Å²) in [6.45, 7) is 11.5. The molecule has 2 fully saturated rings. The summed E-state index contributed by atoms with van der Waals surface area (Å²) in [7, 11) is 0. The number of fused-ring (bicyclic) bond motifs is 2. The van der Waals surface area contributed by atoms with Crippen LogP contribution in [0.25, 0.3) is 0 Å². The Morgan fingerprint density at radius 3 is 2.33 bits per heavy atom. The van der Waals surface area contributed by atoms with Crippen LogP contribution in [0.4, 0.5) is 5.69 Å². The van der Waals surface area contributed by atoms with Crippen LogP contribution in [0.1, 0.15) is 53.9 Å². The zero-order chi connectivity index (χ0) is 15.3. The number of rotatable bonds is 4. The highest BCUT2D eigenvalue weighted by Gasteiger charge is 2.59. The third-order valence-corrected chi connectivity index (χ3v) is 5.81. The van der Waals surface area contributed by atoms with Gasteiger partial charge in [-0.05, 0) is 74.1 Å². The predicted molar refractivity (Wildman–Crippen MR) is 88.8 cm³/mol. The van der Waals surface area contributed by atoms with Crippen molar-refractivity contribution in [3.63, 3.8) is 0 Å². The van der Waals surface area contributed by atoms with E-state index in [1.54, 1.807) is 0 Å². The first kappa shape index (κ1) is 14.7. The van der Waals surface area contributed by atoms with Gasteiger partial charge in [0.2, 0.25) is 0 Å². The molecular formula is C19H29NO. The highest BCUT2D eigenvalue weighted by Crippen LogP contribution is 2.63. The molecule has 2 bridgehead atoms. The van der Waals surface area contributed by atoms with Gasteiger partial charge in [-0.25, -0.2) is 0 Å². The predicted octanol–water partition coefficient (Wildman–Crippen LogP) is 5.10. The maximum absolute atomic E-state index is 5.72. The van der Waals surface area contributed by atoms with Gasteiger partial charge in [0.15, 0.2) is 0 Å². The second kappa shape index (κ2) is 4.93. The van der Waals surface area contributed by atoms with E-state index < -0.39 is 0 Å². The van der Waals surface area contributed by atoms with Gasteiger partial charge < -0.3 is 10.1 Å². The van der Waals surface area contributed by atoms with Crippen LogP contribution >= 0.6 is 0 Å². The summed E-state index contributed by atoms with van der Waals surface area (Å²) in [6, 6.07) is 9.03. The average Bonchev–Trinajstić information content (AvgIpc) is 2.87. The third kappa shape index (κ3) is 2.54. The second-order valence-electron chi connectivity index (χ2n) is 8.18. The lowest BCUT2D eigenvalue weighted by Gasteiger charge is -2.43. The fraction of sp³-hybridized carbons (Fsp3) is 0.684. The molecule has 0 aromatic heterocycles. The van der Waals surface area contributed by atoms with Crippen LogP contribution in [0.2, 0.25) is 0 Å². The normalized spacial score (nSPS) is 33.4. The molecule has 2 nitrogen and oxygen atoms in total. The van der Waals surface area contributed by atoms with Crippen molar-refractivity contribution >= 4 is 5.69 Å². The van der Waals surface area contributed by atoms with Gasteiger partial charge in [-0.2, -0.15) is 0 Å². The summed E-state index contributed by atoms with van der Waals surface area (Å²) >= 11 is 0. The van der Waals surface area contributed by atoms with E-state index in [1.807, 2.05) is 0 Å². The van der Waals surface area contributed by atoms with E-state index in [9.17, 15) is 0 Å². The van der Waals surface area contributed by atoms with E-state index in [2.05, 4.69) is 64.2 Å². The second-order valence-corrected chi connectivity index (χ2v) is 8.18. The molecule has 1 unspecified atom stereocenters. The Bertz CT molecular complexity index is 500. The summed E-state index contributed by atoms with van der Waals surface area (Å²) in [5.41, 5.74) is 2.07. The Morgan fingerprint density at radius 1 is 1.14 bits per heavy atom. The summed E-state index contributed by atoms with van der Waals surface area (Å²) < 4.78 is 5.72. The number of nitrogens with one attached hydrogen (secondary N) is 1. The lowest BCUT2D eigenvalue weighted by Crippen LogP contribution is -2.45. The highest BCUT2D eigenvalue weighted by molar-refractivity contribution is 5.48. The molecule has 0 amide bonds. The standard InChI is InChI=1S/C19H29NO/c1-13(2)21-16-8-6-15(7-9-16)20-17-18(3,4)14-10-11-19(17,5)12-14/h6-9,13-14,17,20H,10-12H2,1-5H3/t14-,17?,19+/m0/s1. The zero-order valence-corrected chi connectivity index (χ0v) is 14.1. The molecule has 0 aliphatic heterocycles. The van der Waals surface area contributed by atoms with Crippen molar-refractivity contribution in [3.05, 3.63) is 24.3 Å². The summed E-state index contributed by atoms with van der Waals surface area (Å²) in [6.07, 6.45) is 4.38. The lowest BCUT2D eigenvalue weighted by molar-refractivity contribution is 0.155. The Hall–Kier alpha value is -1.18. The van der Waals surface area contributed by atoms with Crippen molar-refractivity contribution in [1.82, 2.24) is 0 Å². The molecule has 0 radical (unpaired) electrons. The van der Waals surface area contributed by atoms with Crippen LogP contribution in [0.15, 0.2) is 24.3 Å². The molecule has 1 aromatic carbocycles. The third-order valence-electron chi connectivity index (χ3n) is 5.81. The maximum atomic E-state index is 5.72. The van der Waals surface area contributed by atoms with Gasteiger partial charge >= 0.3 is 0 Å². The van der Waals surface area contributed by atoms with Crippen LogP contribution in [0.5, 0.6) is 5.75 Å². The van der Waals surface area contributed by atoms with Crippen LogP contribution in [-0.4, -0.2) is 12.1 Å².